The number of carbonyl (C=O) groups excluding carboxylic acids is 1. The van der Waals surface area contributed by atoms with Gasteiger partial charge in [-0.25, -0.2) is 0 Å². The summed E-state index contributed by atoms with van der Waals surface area (Å²) in [5.74, 6) is -1.25. The van der Waals surface area contributed by atoms with Crippen molar-refractivity contribution < 1.29 is 14.7 Å². The first kappa shape index (κ1) is 10.7. The van der Waals surface area contributed by atoms with Crippen molar-refractivity contribution in [3.8, 4) is 0 Å². The van der Waals surface area contributed by atoms with Crippen LogP contribution in [0, 0.1) is 5.92 Å². The number of nitrogens with one attached hydrogen (secondary N) is 1. The highest BCUT2D eigenvalue weighted by atomic mass is 16.4. The van der Waals surface area contributed by atoms with E-state index in [1.165, 1.54) is 4.90 Å². The number of nitrogens with zero attached hydrogens (tertiary/aromatic N) is 1. The molecule has 0 saturated carbocycles. The second-order valence-corrected chi connectivity index (χ2v) is 3.25. The highest BCUT2D eigenvalue weighted by Crippen LogP contribution is 2.14. The summed E-state index contributed by atoms with van der Waals surface area (Å²) >= 11 is 0. The van der Waals surface area contributed by atoms with E-state index in [0.717, 1.165) is 0 Å². The van der Waals surface area contributed by atoms with E-state index in [2.05, 4.69) is 11.9 Å². The number of carboxylic acid groups (broad SMARTS) is 1. The predicted octanol–water partition coefficient (Wildman–Crippen LogP) is -0.695. The van der Waals surface area contributed by atoms with Crippen molar-refractivity contribution in [2.75, 3.05) is 26.2 Å². The van der Waals surface area contributed by atoms with Crippen molar-refractivity contribution in [2.24, 2.45) is 5.92 Å². The molecule has 1 amide bonds. The van der Waals surface area contributed by atoms with Gasteiger partial charge in [-0.1, -0.05) is 6.08 Å². The number of likely N-dealkylation sites (tertiary alicyclic amines) is 1. The van der Waals surface area contributed by atoms with Gasteiger partial charge in [-0.05, 0) is 0 Å². The monoisotopic (exact) mass is 198 g/mol. The lowest BCUT2D eigenvalue weighted by Gasteiger charge is -2.36. The van der Waals surface area contributed by atoms with Crippen LogP contribution < -0.4 is 5.32 Å². The standard InChI is InChI=1S/C9H14N2O3/c1-2-3-10-4-8(12)11-5-7(6-11)9(13)14/h2,7,10H,1,3-6H2,(H,13,14). The molecule has 0 radical (unpaired) electrons. The molecule has 1 saturated heterocycles. The molecule has 1 fully saturated rings. The van der Waals surface area contributed by atoms with E-state index in [9.17, 15) is 9.59 Å². The average Bonchev–Trinajstić information content (AvgIpc) is 2.01. The minimum atomic E-state index is -0.826. The Kier molecular flexibility index (Phi) is 3.64. The number of carboxylic acids is 1. The molecule has 0 atom stereocenters. The molecule has 0 aromatic rings. The van der Waals surface area contributed by atoms with Gasteiger partial charge >= 0.3 is 5.97 Å². The highest BCUT2D eigenvalue weighted by molar-refractivity contribution is 5.82. The Morgan fingerprint density at radius 1 is 1.57 bits per heavy atom. The van der Waals surface area contributed by atoms with Gasteiger partial charge in [-0.2, -0.15) is 0 Å². The van der Waals surface area contributed by atoms with Crippen molar-refractivity contribution in [2.45, 2.75) is 0 Å². The Balaban J connectivity index is 2.16. The maximum atomic E-state index is 11.3. The summed E-state index contributed by atoms with van der Waals surface area (Å²) in [4.78, 5) is 23.3. The van der Waals surface area contributed by atoms with Crippen molar-refractivity contribution in [3.63, 3.8) is 0 Å². The van der Waals surface area contributed by atoms with Crippen molar-refractivity contribution in [1.29, 1.82) is 0 Å². The Labute approximate surface area is 82.4 Å². The zero-order chi connectivity index (χ0) is 10.6. The van der Waals surface area contributed by atoms with Crippen LogP contribution in [0.1, 0.15) is 0 Å². The van der Waals surface area contributed by atoms with Gasteiger partial charge < -0.3 is 15.3 Å². The topological polar surface area (TPSA) is 69.6 Å². The molecule has 1 aliphatic rings. The number of rotatable bonds is 5. The molecule has 2 N–H and O–H groups in total. The molecule has 78 valence electrons. The molecule has 1 rings (SSSR count). The lowest BCUT2D eigenvalue weighted by Crippen LogP contribution is -2.55. The van der Waals surface area contributed by atoms with Crippen molar-refractivity contribution in [1.82, 2.24) is 10.2 Å². The van der Waals surface area contributed by atoms with Gasteiger partial charge in [-0.15, -0.1) is 6.58 Å². The van der Waals surface area contributed by atoms with Gasteiger partial charge in [0.15, 0.2) is 0 Å². The minimum absolute atomic E-state index is 0.0515. The summed E-state index contributed by atoms with van der Waals surface area (Å²) in [5, 5.41) is 11.5. The minimum Gasteiger partial charge on any atom is -0.481 e. The third-order valence-electron chi connectivity index (χ3n) is 2.15. The molecule has 0 aromatic heterocycles. The van der Waals surface area contributed by atoms with Gasteiger partial charge in [0.05, 0.1) is 12.5 Å². The third-order valence-corrected chi connectivity index (χ3v) is 2.15. The zero-order valence-corrected chi connectivity index (χ0v) is 7.90. The van der Waals surface area contributed by atoms with E-state index in [4.69, 9.17) is 5.11 Å². The maximum absolute atomic E-state index is 11.3. The fourth-order valence-corrected chi connectivity index (χ4v) is 1.23. The normalized spacial score (nSPS) is 16.1. The summed E-state index contributed by atoms with van der Waals surface area (Å²) in [5.41, 5.74) is 0. The zero-order valence-electron chi connectivity index (χ0n) is 7.90. The SMILES string of the molecule is C=CCNCC(=O)N1CC(C(=O)O)C1. The molecule has 1 aliphatic heterocycles. The van der Waals surface area contributed by atoms with E-state index in [1.54, 1.807) is 6.08 Å². The lowest BCUT2D eigenvalue weighted by molar-refractivity contribution is -0.152. The molecule has 0 spiro atoms. The summed E-state index contributed by atoms with van der Waals surface area (Å²) in [6.07, 6.45) is 1.67. The van der Waals surface area contributed by atoms with E-state index in [-0.39, 0.29) is 18.4 Å². The van der Waals surface area contributed by atoms with E-state index in [1.807, 2.05) is 0 Å². The van der Waals surface area contributed by atoms with Crippen LogP contribution in [0.5, 0.6) is 0 Å². The number of hydrogen-bond acceptors (Lipinski definition) is 3. The van der Waals surface area contributed by atoms with Crippen molar-refractivity contribution >= 4 is 11.9 Å². The smallest absolute Gasteiger partial charge is 0.310 e. The molecule has 14 heavy (non-hydrogen) atoms. The molecular weight excluding hydrogens is 184 g/mol. The van der Waals surface area contributed by atoms with Gasteiger partial charge in [0, 0.05) is 19.6 Å². The van der Waals surface area contributed by atoms with E-state index >= 15 is 0 Å². The van der Waals surface area contributed by atoms with Crippen molar-refractivity contribution in [3.05, 3.63) is 12.7 Å². The van der Waals surface area contributed by atoms with Crippen LogP contribution in [0.4, 0.5) is 0 Å². The predicted molar refractivity (Wildman–Crippen MR) is 50.8 cm³/mol. The first-order valence-corrected chi connectivity index (χ1v) is 4.47. The molecule has 0 aliphatic carbocycles. The van der Waals surface area contributed by atoms with Crippen LogP contribution in [-0.2, 0) is 9.59 Å². The third kappa shape index (κ3) is 2.56. The molecule has 0 bridgehead atoms. The summed E-state index contributed by atoms with van der Waals surface area (Å²) in [7, 11) is 0. The number of aliphatic carboxylic acids is 1. The van der Waals surface area contributed by atoms with Gasteiger partial charge in [-0.3, -0.25) is 9.59 Å². The number of amides is 1. The second kappa shape index (κ2) is 4.76. The fourth-order valence-electron chi connectivity index (χ4n) is 1.23. The number of carbonyl (C=O) groups is 2. The summed E-state index contributed by atoms with van der Waals surface area (Å²) < 4.78 is 0. The quantitative estimate of drug-likeness (QED) is 0.453. The van der Waals surface area contributed by atoms with Crippen LogP contribution >= 0.6 is 0 Å². The van der Waals surface area contributed by atoms with Gasteiger partial charge in [0.25, 0.3) is 0 Å². The molecule has 5 heteroatoms. The Hall–Kier alpha value is -1.36. The van der Waals surface area contributed by atoms with Gasteiger partial charge in [0.2, 0.25) is 5.91 Å². The Morgan fingerprint density at radius 3 is 2.71 bits per heavy atom. The average molecular weight is 198 g/mol. The first-order chi connectivity index (χ1) is 6.65. The van der Waals surface area contributed by atoms with Crippen LogP contribution in [-0.4, -0.2) is 48.1 Å². The molecule has 1 heterocycles. The van der Waals surface area contributed by atoms with Crippen LogP contribution in [0.15, 0.2) is 12.7 Å². The van der Waals surface area contributed by atoms with Crippen LogP contribution in [0.25, 0.3) is 0 Å². The Bertz CT molecular complexity index is 246. The van der Waals surface area contributed by atoms with E-state index < -0.39 is 5.97 Å². The lowest BCUT2D eigenvalue weighted by atomic mass is 10.0. The largest absolute Gasteiger partial charge is 0.481 e. The summed E-state index contributed by atoms with van der Waals surface area (Å²) in [6.45, 7) is 5.01. The van der Waals surface area contributed by atoms with Gasteiger partial charge in [0.1, 0.15) is 0 Å². The van der Waals surface area contributed by atoms with Crippen LogP contribution in [0.3, 0.4) is 0 Å². The number of hydrogen-bond donors (Lipinski definition) is 2. The highest BCUT2D eigenvalue weighted by Gasteiger charge is 2.34. The second-order valence-electron chi connectivity index (χ2n) is 3.25. The molecule has 0 aromatic carbocycles. The first-order valence-electron chi connectivity index (χ1n) is 4.47. The molecular formula is C9H14N2O3. The maximum Gasteiger partial charge on any atom is 0.310 e. The van der Waals surface area contributed by atoms with Crippen LogP contribution in [0.2, 0.25) is 0 Å². The fraction of sp³-hybridized carbons (Fsp3) is 0.556. The molecule has 0 unspecified atom stereocenters. The molecule has 5 nitrogen and oxygen atoms in total. The van der Waals surface area contributed by atoms with E-state index in [0.29, 0.717) is 19.6 Å². The summed E-state index contributed by atoms with van der Waals surface area (Å²) in [6, 6.07) is 0. The Morgan fingerprint density at radius 2 is 2.21 bits per heavy atom.